The number of hydrogen-bond acceptors (Lipinski definition) is 6. The van der Waals surface area contributed by atoms with Gasteiger partial charge in [-0.3, -0.25) is 15.5 Å². The molecule has 0 saturated heterocycles. The molecule has 0 amide bonds. The van der Waals surface area contributed by atoms with E-state index in [1.165, 1.54) is 6.07 Å². The predicted molar refractivity (Wildman–Crippen MR) is 86.4 cm³/mol. The number of rotatable bonds is 4. The Morgan fingerprint density at radius 2 is 1.91 bits per heavy atom. The quantitative estimate of drug-likeness (QED) is 0.532. The fraction of sp³-hybridized carbons (Fsp3) is 0.188. The molecule has 0 unspecified atom stereocenters. The van der Waals surface area contributed by atoms with Crippen molar-refractivity contribution in [3.05, 3.63) is 58.1 Å². The van der Waals surface area contributed by atoms with E-state index in [0.29, 0.717) is 36.1 Å². The molecule has 0 spiro atoms. The molecule has 2 aromatic carbocycles. The van der Waals surface area contributed by atoms with Crippen molar-refractivity contribution in [3.63, 3.8) is 0 Å². The predicted octanol–water partition coefficient (Wildman–Crippen LogP) is 3.20. The number of benzene rings is 2. The maximum Gasteiger partial charge on any atom is 0.294 e. The highest BCUT2D eigenvalue weighted by Crippen LogP contribution is 2.31. The second-order valence-electron chi connectivity index (χ2n) is 4.94. The zero-order valence-electron chi connectivity index (χ0n) is 12.5. The second kappa shape index (κ2) is 6.35. The first-order valence-electron chi connectivity index (χ1n) is 7.09. The van der Waals surface area contributed by atoms with Crippen LogP contribution in [0.25, 0.3) is 0 Å². The Balaban J connectivity index is 1.82. The molecule has 0 bridgehead atoms. The highest BCUT2D eigenvalue weighted by atomic mass is 16.6. The van der Waals surface area contributed by atoms with Crippen molar-refractivity contribution in [2.45, 2.75) is 6.92 Å². The van der Waals surface area contributed by atoms with Crippen LogP contribution in [0.4, 0.5) is 11.4 Å². The maximum absolute atomic E-state index is 11.0. The van der Waals surface area contributed by atoms with Crippen LogP contribution in [0.15, 0.2) is 47.6 Å². The molecule has 23 heavy (non-hydrogen) atoms. The van der Waals surface area contributed by atoms with Crippen LogP contribution in [0.1, 0.15) is 12.5 Å². The Labute approximate surface area is 132 Å². The smallest absolute Gasteiger partial charge is 0.294 e. The molecule has 0 fully saturated rings. The Kier molecular flexibility index (Phi) is 4.09. The van der Waals surface area contributed by atoms with Gasteiger partial charge in [0.05, 0.1) is 10.6 Å². The van der Waals surface area contributed by atoms with Crippen LogP contribution in [0.3, 0.4) is 0 Å². The molecule has 1 aliphatic heterocycles. The van der Waals surface area contributed by atoms with E-state index >= 15 is 0 Å². The third kappa shape index (κ3) is 3.23. The van der Waals surface area contributed by atoms with Gasteiger partial charge in [0, 0.05) is 11.6 Å². The van der Waals surface area contributed by atoms with Crippen LogP contribution in [-0.2, 0) is 0 Å². The zero-order chi connectivity index (χ0) is 16.2. The molecule has 7 nitrogen and oxygen atoms in total. The number of hydrazone groups is 1. The maximum atomic E-state index is 11.0. The highest BCUT2D eigenvalue weighted by molar-refractivity contribution is 5.99. The van der Waals surface area contributed by atoms with Crippen molar-refractivity contribution in [1.82, 2.24) is 0 Å². The van der Waals surface area contributed by atoms with E-state index in [9.17, 15) is 10.1 Å². The number of nitro benzene ring substituents is 1. The lowest BCUT2D eigenvalue weighted by Gasteiger charge is -2.18. The molecular formula is C16H15N3O4. The summed E-state index contributed by atoms with van der Waals surface area (Å²) in [5, 5.41) is 15.2. The van der Waals surface area contributed by atoms with E-state index in [1.54, 1.807) is 18.2 Å². The number of ether oxygens (including phenoxy) is 2. The molecule has 0 aromatic heterocycles. The number of nitro groups is 1. The van der Waals surface area contributed by atoms with Gasteiger partial charge in [0.15, 0.2) is 11.5 Å². The van der Waals surface area contributed by atoms with Crippen LogP contribution in [-0.4, -0.2) is 23.8 Å². The third-order valence-electron chi connectivity index (χ3n) is 3.40. The lowest BCUT2D eigenvalue weighted by Crippen LogP contribution is -2.15. The molecule has 1 N–H and O–H groups in total. The third-order valence-corrected chi connectivity index (χ3v) is 3.40. The van der Waals surface area contributed by atoms with Gasteiger partial charge in [-0.05, 0) is 31.2 Å². The Morgan fingerprint density at radius 3 is 2.70 bits per heavy atom. The van der Waals surface area contributed by atoms with Gasteiger partial charge in [0.2, 0.25) is 0 Å². The zero-order valence-corrected chi connectivity index (χ0v) is 12.5. The van der Waals surface area contributed by atoms with Gasteiger partial charge >= 0.3 is 0 Å². The van der Waals surface area contributed by atoms with Gasteiger partial charge in [-0.15, -0.1) is 0 Å². The van der Waals surface area contributed by atoms with E-state index in [0.717, 1.165) is 5.56 Å². The minimum Gasteiger partial charge on any atom is -0.486 e. The molecule has 1 heterocycles. The van der Waals surface area contributed by atoms with E-state index in [-0.39, 0.29) is 5.69 Å². The number of para-hydroxylation sites is 2. The number of fused-ring (bicyclic) bond motifs is 1. The Morgan fingerprint density at radius 1 is 1.17 bits per heavy atom. The standard InChI is InChI=1S/C16H15N3O4/c1-11(12-6-7-15-16(10-12)23-9-8-22-15)17-18-13-4-2-3-5-14(13)19(20)21/h2-7,10,18H,8-9H2,1H3/b17-11+. The van der Waals surface area contributed by atoms with E-state index < -0.39 is 4.92 Å². The monoisotopic (exact) mass is 313 g/mol. The average molecular weight is 313 g/mol. The van der Waals surface area contributed by atoms with Crippen LogP contribution < -0.4 is 14.9 Å². The minimum atomic E-state index is -0.447. The van der Waals surface area contributed by atoms with E-state index in [2.05, 4.69) is 10.5 Å². The summed E-state index contributed by atoms with van der Waals surface area (Å²) in [6.45, 7) is 2.87. The van der Waals surface area contributed by atoms with Crippen molar-refractivity contribution in [2.24, 2.45) is 5.10 Å². The van der Waals surface area contributed by atoms with Crippen LogP contribution in [0.5, 0.6) is 11.5 Å². The van der Waals surface area contributed by atoms with E-state index in [4.69, 9.17) is 9.47 Å². The molecular weight excluding hydrogens is 298 g/mol. The van der Waals surface area contributed by atoms with Crippen molar-refractivity contribution in [1.29, 1.82) is 0 Å². The molecule has 2 aromatic rings. The number of nitrogens with one attached hydrogen (secondary N) is 1. The summed E-state index contributed by atoms with van der Waals surface area (Å²) < 4.78 is 11.0. The number of anilines is 1. The van der Waals surface area contributed by atoms with Gasteiger partial charge in [0.25, 0.3) is 5.69 Å². The molecule has 0 aliphatic carbocycles. The van der Waals surface area contributed by atoms with Gasteiger partial charge < -0.3 is 9.47 Å². The fourth-order valence-electron chi connectivity index (χ4n) is 2.20. The molecule has 3 rings (SSSR count). The van der Waals surface area contributed by atoms with Gasteiger partial charge in [0.1, 0.15) is 18.9 Å². The summed E-state index contributed by atoms with van der Waals surface area (Å²) in [6, 6.07) is 11.9. The summed E-state index contributed by atoms with van der Waals surface area (Å²) in [5.41, 5.74) is 4.60. The number of nitrogens with zero attached hydrogens (tertiary/aromatic N) is 2. The van der Waals surface area contributed by atoms with E-state index in [1.807, 2.05) is 25.1 Å². The first kappa shape index (κ1) is 14.8. The van der Waals surface area contributed by atoms with Crippen LogP contribution in [0.2, 0.25) is 0 Å². The summed E-state index contributed by atoms with van der Waals surface area (Å²) in [5.74, 6) is 1.38. The molecule has 7 heteroatoms. The topological polar surface area (TPSA) is 86.0 Å². The van der Waals surface area contributed by atoms with Crippen molar-refractivity contribution in [2.75, 3.05) is 18.6 Å². The van der Waals surface area contributed by atoms with Gasteiger partial charge in [-0.2, -0.15) is 5.10 Å². The lowest BCUT2D eigenvalue weighted by molar-refractivity contribution is -0.384. The van der Waals surface area contributed by atoms with Crippen molar-refractivity contribution >= 4 is 17.1 Å². The summed E-state index contributed by atoms with van der Waals surface area (Å²) in [6.07, 6.45) is 0. The highest BCUT2D eigenvalue weighted by Gasteiger charge is 2.14. The summed E-state index contributed by atoms with van der Waals surface area (Å²) in [4.78, 5) is 10.5. The van der Waals surface area contributed by atoms with Gasteiger partial charge in [-0.25, -0.2) is 0 Å². The molecule has 0 saturated carbocycles. The Hall–Kier alpha value is -3.09. The van der Waals surface area contributed by atoms with Crippen molar-refractivity contribution < 1.29 is 14.4 Å². The molecule has 0 radical (unpaired) electrons. The Bertz CT molecular complexity index is 774. The first-order chi connectivity index (χ1) is 11.1. The van der Waals surface area contributed by atoms with Crippen LogP contribution in [0, 0.1) is 10.1 Å². The fourth-order valence-corrected chi connectivity index (χ4v) is 2.20. The summed E-state index contributed by atoms with van der Waals surface area (Å²) >= 11 is 0. The van der Waals surface area contributed by atoms with Crippen LogP contribution >= 0.6 is 0 Å². The molecule has 118 valence electrons. The SMILES string of the molecule is C/C(=N\Nc1ccccc1[N+](=O)[O-])c1ccc2c(c1)OCCO2. The molecule has 1 aliphatic rings. The average Bonchev–Trinajstić information content (AvgIpc) is 2.59. The lowest BCUT2D eigenvalue weighted by atomic mass is 10.1. The largest absolute Gasteiger partial charge is 0.486 e. The molecule has 0 atom stereocenters. The van der Waals surface area contributed by atoms with Gasteiger partial charge in [-0.1, -0.05) is 12.1 Å². The van der Waals surface area contributed by atoms with Crippen molar-refractivity contribution in [3.8, 4) is 11.5 Å². The minimum absolute atomic E-state index is 0.0220. The second-order valence-corrected chi connectivity index (χ2v) is 4.94. The first-order valence-corrected chi connectivity index (χ1v) is 7.09. The number of hydrogen-bond donors (Lipinski definition) is 1. The normalized spacial score (nSPS) is 13.5. The summed E-state index contributed by atoms with van der Waals surface area (Å²) in [7, 11) is 0.